The second-order valence-corrected chi connectivity index (χ2v) is 3.55. The Bertz CT molecular complexity index is 612. The molecule has 1 heterocycles. The number of aromatic amines is 1. The molecule has 0 saturated heterocycles. The second-order valence-electron chi connectivity index (χ2n) is 3.55. The van der Waals surface area contributed by atoms with Gasteiger partial charge in [0.05, 0.1) is 17.3 Å². The van der Waals surface area contributed by atoms with Gasteiger partial charge in [-0.1, -0.05) is 12.1 Å². The van der Waals surface area contributed by atoms with E-state index in [-0.39, 0.29) is 11.1 Å². The van der Waals surface area contributed by atoms with Gasteiger partial charge >= 0.3 is 0 Å². The highest BCUT2D eigenvalue weighted by Gasteiger charge is 2.05. The Kier molecular flexibility index (Phi) is 2.87. The zero-order chi connectivity index (χ0) is 11.5. The minimum Gasteiger partial charge on any atom is -0.318 e. The Morgan fingerprint density at radius 3 is 2.62 bits per heavy atom. The molecule has 1 aromatic carbocycles. The van der Waals surface area contributed by atoms with Crippen molar-refractivity contribution in [1.82, 2.24) is 15.1 Å². The maximum Gasteiger partial charge on any atom is 0.273 e. The normalized spacial score (nSPS) is 10.8. The van der Waals surface area contributed by atoms with Crippen molar-refractivity contribution in [3.8, 4) is 0 Å². The van der Waals surface area contributed by atoms with Crippen LogP contribution in [0.2, 0.25) is 0 Å². The lowest BCUT2D eigenvalue weighted by molar-refractivity contribution is 0.554. The lowest BCUT2D eigenvalue weighted by atomic mass is 10.2. The van der Waals surface area contributed by atoms with Gasteiger partial charge in [0.25, 0.3) is 11.1 Å². The standard InChI is InChI=1S/C11H13N3O2/c1-12-6-7-14-11(16)9-5-3-2-4-8(9)10(15)13-14/h2-5,12H,6-7H2,1H3,(H,13,15). The number of fused-ring (bicyclic) bond motifs is 1. The highest BCUT2D eigenvalue weighted by Crippen LogP contribution is 2.01. The second kappa shape index (κ2) is 4.32. The average molecular weight is 219 g/mol. The fraction of sp³-hybridized carbons (Fsp3) is 0.273. The minimum atomic E-state index is -0.230. The first-order chi connectivity index (χ1) is 7.74. The molecule has 84 valence electrons. The van der Waals surface area contributed by atoms with Gasteiger partial charge in [0.2, 0.25) is 0 Å². The van der Waals surface area contributed by atoms with Crippen molar-refractivity contribution in [3.63, 3.8) is 0 Å². The number of hydrogen-bond acceptors (Lipinski definition) is 3. The Balaban J connectivity index is 2.66. The zero-order valence-electron chi connectivity index (χ0n) is 8.99. The molecule has 0 spiro atoms. The maximum atomic E-state index is 12.0. The summed E-state index contributed by atoms with van der Waals surface area (Å²) in [4.78, 5) is 23.6. The summed E-state index contributed by atoms with van der Waals surface area (Å²) in [5.74, 6) is 0. The number of nitrogens with one attached hydrogen (secondary N) is 2. The first kappa shape index (κ1) is 10.6. The van der Waals surface area contributed by atoms with E-state index in [0.29, 0.717) is 23.9 Å². The fourth-order valence-electron chi connectivity index (χ4n) is 1.63. The maximum absolute atomic E-state index is 12.0. The van der Waals surface area contributed by atoms with Crippen LogP contribution in [0.4, 0.5) is 0 Å². The molecule has 16 heavy (non-hydrogen) atoms. The summed E-state index contributed by atoms with van der Waals surface area (Å²) in [7, 11) is 1.80. The number of benzene rings is 1. The third-order valence-electron chi connectivity index (χ3n) is 2.47. The molecule has 0 fully saturated rings. The van der Waals surface area contributed by atoms with Gasteiger partial charge in [-0.15, -0.1) is 0 Å². The van der Waals surface area contributed by atoms with Gasteiger partial charge in [0.15, 0.2) is 0 Å². The van der Waals surface area contributed by atoms with E-state index in [9.17, 15) is 9.59 Å². The van der Waals surface area contributed by atoms with Crippen LogP contribution in [-0.2, 0) is 6.54 Å². The third kappa shape index (κ3) is 1.77. The van der Waals surface area contributed by atoms with Crippen LogP contribution in [0.3, 0.4) is 0 Å². The fourth-order valence-corrected chi connectivity index (χ4v) is 1.63. The number of likely N-dealkylation sites (N-methyl/N-ethyl adjacent to an activating group) is 1. The van der Waals surface area contributed by atoms with E-state index in [2.05, 4.69) is 10.4 Å². The summed E-state index contributed by atoms with van der Waals surface area (Å²) in [6.45, 7) is 1.09. The molecule has 0 atom stereocenters. The van der Waals surface area contributed by atoms with Crippen LogP contribution in [0.1, 0.15) is 0 Å². The summed E-state index contributed by atoms with van der Waals surface area (Å²) in [5, 5.41) is 6.39. The molecule has 0 saturated carbocycles. The zero-order valence-corrected chi connectivity index (χ0v) is 8.99. The van der Waals surface area contributed by atoms with Crippen molar-refractivity contribution in [2.24, 2.45) is 0 Å². The summed E-state index contributed by atoms with van der Waals surface area (Å²) in [5.41, 5.74) is -0.392. The van der Waals surface area contributed by atoms with Crippen LogP contribution < -0.4 is 16.4 Å². The predicted molar refractivity (Wildman–Crippen MR) is 62.8 cm³/mol. The molecule has 0 bridgehead atoms. The van der Waals surface area contributed by atoms with Gasteiger partial charge in [-0.05, 0) is 19.2 Å². The van der Waals surface area contributed by atoms with Crippen LogP contribution in [0.15, 0.2) is 33.9 Å². The van der Waals surface area contributed by atoms with Crippen LogP contribution in [-0.4, -0.2) is 23.4 Å². The number of nitrogens with zero attached hydrogens (tertiary/aromatic N) is 1. The summed E-state index contributed by atoms with van der Waals surface area (Å²) in [6.07, 6.45) is 0. The van der Waals surface area contributed by atoms with E-state index in [0.717, 1.165) is 0 Å². The molecule has 5 heteroatoms. The van der Waals surface area contributed by atoms with Gasteiger partial charge in [-0.2, -0.15) is 0 Å². The van der Waals surface area contributed by atoms with Crippen LogP contribution in [0.5, 0.6) is 0 Å². The Morgan fingerprint density at radius 1 is 1.25 bits per heavy atom. The van der Waals surface area contributed by atoms with E-state index in [1.807, 2.05) is 0 Å². The quantitative estimate of drug-likeness (QED) is 0.758. The van der Waals surface area contributed by atoms with Crippen molar-refractivity contribution in [1.29, 1.82) is 0 Å². The highest BCUT2D eigenvalue weighted by atomic mass is 16.2. The Labute approximate surface area is 91.7 Å². The van der Waals surface area contributed by atoms with Crippen molar-refractivity contribution in [2.75, 3.05) is 13.6 Å². The number of H-pyrrole nitrogens is 1. The largest absolute Gasteiger partial charge is 0.318 e. The summed E-state index contributed by atoms with van der Waals surface area (Å²) < 4.78 is 1.33. The topological polar surface area (TPSA) is 66.9 Å². The van der Waals surface area contributed by atoms with Gasteiger partial charge in [-0.25, -0.2) is 4.68 Å². The first-order valence-electron chi connectivity index (χ1n) is 5.10. The number of aromatic nitrogens is 2. The molecule has 1 aromatic heterocycles. The molecule has 0 amide bonds. The van der Waals surface area contributed by atoms with Gasteiger partial charge in [0.1, 0.15) is 0 Å². The smallest absolute Gasteiger partial charge is 0.273 e. The molecule has 2 N–H and O–H groups in total. The molecule has 2 aromatic rings. The van der Waals surface area contributed by atoms with Crippen molar-refractivity contribution in [3.05, 3.63) is 45.0 Å². The molecule has 0 unspecified atom stereocenters. The van der Waals surface area contributed by atoms with E-state index in [1.54, 1.807) is 31.3 Å². The van der Waals surface area contributed by atoms with E-state index in [4.69, 9.17) is 0 Å². The van der Waals surface area contributed by atoms with Crippen LogP contribution in [0, 0.1) is 0 Å². The van der Waals surface area contributed by atoms with Gasteiger partial charge in [0, 0.05) is 6.54 Å². The molecular formula is C11H13N3O2. The van der Waals surface area contributed by atoms with E-state index >= 15 is 0 Å². The molecule has 5 nitrogen and oxygen atoms in total. The van der Waals surface area contributed by atoms with Gasteiger partial charge in [-0.3, -0.25) is 14.7 Å². The molecule has 0 radical (unpaired) electrons. The highest BCUT2D eigenvalue weighted by molar-refractivity contribution is 5.80. The molecular weight excluding hydrogens is 206 g/mol. The monoisotopic (exact) mass is 219 g/mol. The molecule has 0 aliphatic rings. The van der Waals surface area contributed by atoms with E-state index < -0.39 is 0 Å². The molecule has 0 aliphatic heterocycles. The lowest BCUT2D eigenvalue weighted by Gasteiger charge is -2.06. The summed E-state index contributed by atoms with van der Waals surface area (Å²) >= 11 is 0. The van der Waals surface area contributed by atoms with Crippen molar-refractivity contribution in [2.45, 2.75) is 6.54 Å². The van der Waals surface area contributed by atoms with Crippen LogP contribution in [0.25, 0.3) is 10.8 Å². The predicted octanol–water partition coefficient (Wildman–Crippen LogP) is -0.0908. The minimum absolute atomic E-state index is 0.162. The number of hydrogen-bond donors (Lipinski definition) is 2. The van der Waals surface area contributed by atoms with E-state index in [1.165, 1.54) is 4.68 Å². The van der Waals surface area contributed by atoms with Crippen molar-refractivity contribution < 1.29 is 0 Å². The van der Waals surface area contributed by atoms with Crippen molar-refractivity contribution >= 4 is 10.8 Å². The van der Waals surface area contributed by atoms with Crippen LogP contribution >= 0.6 is 0 Å². The average Bonchev–Trinajstić information content (AvgIpc) is 2.32. The third-order valence-corrected chi connectivity index (χ3v) is 2.47. The Morgan fingerprint density at radius 2 is 1.94 bits per heavy atom. The Hall–Kier alpha value is -1.88. The molecule has 0 aliphatic carbocycles. The summed E-state index contributed by atoms with van der Waals surface area (Å²) in [6, 6.07) is 6.82. The SMILES string of the molecule is CNCCn1[nH]c(=O)c2ccccc2c1=O. The number of rotatable bonds is 3. The molecule has 2 rings (SSSR count). The van der Waals surface area contributed by atoms with Gasteiger partial charge < -0.3 is 5.32 Å². The lowest BCUT2D eigenvalue weighted by Crippen LogP contribution is -2.32. The first-order valence-corrected chi connectivity index (χ1v) is 5.10.